The smallest absolute Gasteiger partial charge is 0.355 e. The van der Waals surface area contributed by atoms with Crippen LogP contribution in [0.1, 0.15) is 41.4 Å². The van der Waals surface area contributed by atoms with Gasteiger partial charge in [0.25, 0.3) is 0 Å². The van der Waals surface area contributed by atoms with E-state index in [1.807, 2.05) is 6.92 Å². The first-order valence-electron chi connectivity index (χ1n) is 9.93. The Kier molecular flexibility index (Phi) is 7.66. The zero-order valence-electron chi connectivity index (χ0n) is 17.5. The molecule has 7 nitrogen and oxygen atoms in total. The van der Waals surface area contributed by atoms with Gasteiger partial charge in [0.2, 0.25) is 5.91 Å². The van der Waals surface area contributed by atoms with Crippen LogP contribution in [0.4, 0.5) is 4.39 Å². The second-order valence-corrected chi connectivity index (χ2v) is 10.2. The van der Waals surface area contributed by atoms with Crippen LogP contribution in [0, 0.1) is 0 Å². The Labute approximate surface area is 188 Å². The SMILES string of the molecule is CCCOC(=O)[C@H](C)NP(=O)(Oc1ccccc1)C(F)c1ccc2sc(C(=O)O)cc2c1. The fourth-order valence-corrected chi connectivity index (χ4v) is 5.73. The maximum absolute atomic E-state index is 15.7. The maximum Gasteiger partial charge on any atom is 0.355 e. The van der Waals surface area contributed by atoms with Crippen molar-refractivity contribution in [3.8, 4) is 5.75 Å². The first-order valence-corrected chi connectivity index (χ1v) is 12.4. The number of carboxylic acids is 1. The third-order valence-corrected chi connectivity index (χ3v) is 7.71. The van der Waals surface area contributed by atoms with Crippen LogP contribution in [0.25, 0.3) is 10.1 Å². The molecule has 2 aromatic carbocycles. The standard InChI is InChI=1S/C22H23FNO6PS/c1-3-11-29-22(27)14(2)24-31(28,30-17-7-5-4-6-8-17)20(23)15-9-10-18-16(12-15)13-19(32-18)21(25)26/h4-10,12-14,20H,3,11H2,1-2H3,(H,24,28)(H,25,26)/t14-,20?,31?/m0/s1. The number of rotatable bonds is 10. The molecule has 3 aromatic rings. The van der Waals surface area contributed by atoms with Crippen LogP contribution in [-0.2, 0) is 14.1 Å². The first kappa shape index (κ1) is 23.9. The Bertz CT molecular complexity index is 1150. The van der Waals surface area contributed by atoms with Gasteiger partial charge in [-0.3, -0.25) is 9.36 Å². The number of halogens is 1. The van der Waals surface area contributed by atoms with Crippen molar-refractivity contribution >= 4 is 40.9 Å². The average Bonchev–Trinajstić information content (AvgIpc) is 3.21. The van der Waals surface area contributed by atoms with Gasteiger partial charge in [-0.05, 0) is 54.6 Å². The Morgan fingerprint density at radius 1 is 1.19 bits per heavy atom. The van der Waals surface area contributed by atoms with Crippen LogP contribution < -0.4 is 9.61 Å². The van der Waals surface area contributed by atoms with Crippen molar-refractivity contribution in [1.29, 1.82) is 0 Å². The van der Waals surface area contributed by atoms with Gasteiger partial charge >= 0.3 is 19.5 Å². The van der Waals surface area contributed by atoms with Gasteiger partial charge in [-0.1, -0.05) is 31.2 Å². The average molecular weight is 479 g/mol. The molecule has 0 saturated carbocycles. The molecule has 0 fully saturated rings. The molecule has 0 radical (unpaired) electrons. The second kappa shape index (κ2) is 10.3. The summed E-state index contributed by atoms with van der Waals surface area (Å²) in [6.45, 7) is 3.45. The van der Waals surface area contributed by atoms with Crippen molar-refractivity contribution in [3.63, 3.8) is 0 Å². The van der Waals surface area contributed by atoms with E-state index in [0.29, 0.717) is 16.5 Å². The van der Waals surface area contributed by atoms with Gasteiger partial charge in [0.05, 0.1) is 6.61 Å². The van der Waals surface area contributed by atoms with E-state index in [1.165, 1.54) is 37.3 Å². The van der Waals surface area contributed by atoms with Crippen molar-refractivity contribution in [1.82, 2.24) is 5.09 Å². The van der Waals surface area contributed by atoms with E-state index in [4.69, 9.17) is 9.26 Å². The van der Waals surface area contributed by atoms with Gasteiger partial charge in [-0.2, -0.15) is 0 Å². The van der Waals surface area contributed by atoms with E-state index in [-0.39, 0.29) is 22.8 Å². The number of hydrogen-bond acceptors (Lipinski definition) is 6. The number of hydrogen-bond donors (Lipinski definition) is 2. The summed E-state index contributed by atoms with van der Waals surface area (Å²) in [5.41, 5.74) is 0.0353. The molecule has 0 aliphatic rings. The highest BCUT2D eigenvalue weighted by atomic mass is 32.1. The van der Waals surface area contributed by atoms with Crippen LogP contribution >= 0.6 is 18.9 Å². The van der Waals surface area contributed by atoms with Gasteiger partial charge in [0, 0.05) is 4.70 Å². The number of alkyl halides is 1. The molecule has 32 heavy (non-hydrogen) atoms. The quantitative estimate of drug-likeness (QED) is 0.281. The zero-order chi connectivity index (χ0) is 23.3. The van der Waals surface area contributed by atoms with Crippen molar-refractivity contribution in [2.45, 2.75) is 32.2 Å². The molecule has 1 aromatic heterocycles. The molecule has 3 rings (SSSR count). The fourth-order valence-electron chi connectivity index (χ4n) is 2.94. The molecule has 0 spiro atoms. The zero-order valence-corrected chi connectivity index (χ0v) is 19.2. The van der Waals surface area contributed by atoms with E-state index in [2.05, 4.69) is 5.09 Å². The summed E-state index contributed by atoms with van der Waals surface area (Å²) in [5, 5.41) is 12.2. The molecule has 0 aliphatic carbocycles. The number of thiophene rings is 1. The Hall–Kier alpha value is -2.74. The topological polar surface area (TPSA) is 102 Å². The monoisotopic (exact) mass is 479 g/mol. The number of esters is 1. The number of ether oxygens (including phenoxy) is 1. The minimum absolute atomic E-state index is 0.0353. The van der Waals surface area contributed by atoms with Crippen molar-refractivity contribution in [3.05, 3.63) is 65.0 Å². The Balaban J connectivity index is 1.94. The number of carbonyl (C=O) groups is 2. The van der Waals surface area contributed by atoms with E-state index in [1.54, 1.807) is 24.3 Å². The molecule has 1 heterocycles. The lowest BCUT2D eigenvalue weighted by Crippen LogP contribution is -2.35. The van der Waals surface area contributed by atoms with Crippen LogP contribution in [0.15, 0.2) is 54.6 Å². The molecular formula is C22H23FNO6PS. The summed E-state index contributed by atoms with van der Waals surface area (Å²) < 4.78 is 40.7. The number of benzene rings is 2. The molecular weight excluding hydrogens is 456 g/mol. The summed E-state index contributed by atoms with van der Waals surface area (Å²) in [4.78, 5) is 23.5. The van der Waals surface area contributed by atoms with E-state index in [0.717, 1.165) is 11.3 Å². The lowest BCUT2D eigenvalue weighted by molar-refractivity contribution is -0.145. The van der Waals surface area contributed by atoms with E-state index < -0.39 is 31.4 Å². The molecule has 2 unspecified atom stereocenters. The highest BCUT2D eigenvalue weighted by molar-refractivity contribution is 7.57. The minimum atomic E-state index is -4.32. The molecule has 2 N–H and O–H groups in total. The van der Waals surface area contributed by atoms with Gasteiger partial charge in [-0.15, -0.1) is 11.3 Å². The van der Waals surface area contributed by atoms with Crippen LogP contribution in [-0.4, -0.2) is 29.7 Å². The molecule has 0 bridgehead atoms. The van der Waals surface area contributed by atoms with Gasteiger partial charge in [0.1, 0.15) is 16.7 Å². The Morgan fingerprint density at radius 2 is 1.91 bits per heavy atom. The molecule has 0 amide bonds. The summed E-state index contributed by atoms with van der Waals surface area (Å²) in [6, 6.07) is 12.9. The van der Waals surface area contributed by atoms with Crippen molar-refractivity contribution in [2.24, 2.45) is 0 Å². The molecule has 0 aliphatic heterocycles. The molecule has 3 atom stereocenters. The summed E-state index contributed by atoms with van der Waals surface area (Å²) >= 11 is 1.06. The highest BCUT2D eigenvalue weighted by Gasteiger charge is 2.40. The number of fused-ring (bicyclic) bond motifs is 1. The summed E-state index contributed by atoms with van der Waals surface area (Å²) in [6.07, 6.45) is 0.612. The number of carboxylic acid groups (broad SMARTS) is 1. The summed E-state index contributed by atoms with van der Waals surface area (Å²) in [7, 11) is -4.32. The maximum atomic E-state index is 15.7. The van der Waals surface area contributed by atoms with Gasteiger partial charge in [0.15, 0.2) is 0 Å². The lowest BCUT2D eigenvalue weighted by atomic mass is 10.2. The van der Waals surface area contributed by atoms with Gasteiger partial charge in [-0.25, -0.2) is 14.3 Å². The van der Waals surface area contributed by atoms with Gasteiger partial charge < -0.3 is 14.4 Å². The second-order valence-electron chi connectivity index (χ2n) is 7.07. The van der Waals surface area contributed by atoms with E-state index >= 15 is 4.39 Å². The molecule has 10 heteroatoms. The summed E-state index contributed by atoms with van der Waals surface area (Å²) in [5.74, 6) is -3.70. The van der Waals surface area contributed by atoms with E-state index in [9.17, 15) is 19.3 Å². The van der Waals surface area contributed by atoms with Crippen LogP contribution in [0.5, 0.6) is 5.75 Å². The number of para-hydroxylation sites is 1. The third-order valence-electron chi connectivity index (χ3n) is 4.48. The van der Waals surface area contributed by atoms with Crippen LogP contribution in [0.2, 0.25) is 0 Å². The number of carbonyl (C=O) groups excluding carboxylic acids is 1. The largest absolute Gasteiger partial charge is 0.477 e. The van der Waals surface area contributed by atoms with Crippen molar-refractivity contribution < 1.29 is 32.9 Å². The highest BCUT2D eigenvalue weighted by Crippen LogP contribution is 2.58. The van der Waals surface area contributed by atoms with Crippen molar-refractivity contribution in [2.75, 3.05) is 6.61 Å². The fraction of sp³-hybridized carbons (Fsp3) is 0.273. The minimum Gasteiger partial charge on any atom is -0.477 e. The predicted molar refractivity (Wildman–Crippen MR) is 121 cm³/mol. The van der Waals surface area contributed by atoms with Crippen LogP contribution in [0.3, 0.4) is 0 Å². The predicted octanol–water partition coefficient (Wildman–Crippen LogP) is 5.77. The number of nitrogens with one attached hydrogen (secondary N) is 1. The molecule has 0 saturated heterocycles. The Morgan fingerprint density at radius 3 is 2.56 bits per heavy atom. The molecule has 170 valence electrons. The normalized spacial score (nSPS) is 15.0. The first-order chi connectivity index (χ1) is 15.2. The third kappa shape index (κ3) is 5.54. The number of aromatic carboxylic acids is 1. The lowest BCUT2D eigenvalue weighted by Gasteiger charge is -2.26.